The molecule has 2 unspecified atom stereocenters. The fourth-order valence-electron chi connectivity index (χ4n) is 5.12. The molecular formula is C27H26N4O4. The third-order valence-electron chi connectivity index (χ3n) is 6.78. The number of allylic oxidation sites excluding steroid dienone is 1. The first-order valence-electron chi connectivity index (χ1n) is 11.9. The van der Waals surface area contributed by atoms with Crippen LogP contribution in [0.15, 0.2) is 71.3 Å². The first-order chi connectivity index (χ1) is 17.0. The Balaban J connectivity index is 1.49. The number of hydrogen-bond acceptors (Lipinski definition) is 5. The Bertz CT molecular complexity index is 1240. The van der Waals surface area contributed by atoms with Crippen molar-refractivity contribution in [1.29, 1.82) is 0 Å². The average molecular weight is 471 g/mol. The smallest absolute Gasteiger partial charge is 0.271 e. The largest absolute Gasteiger partial charge is 0.334 e. The van der Waals surface area contributed by atoms with Gasteiger partial charge in [0, 0.05) is 12.5 Å². The summed E-state index contributed by atoms with van der Waals surface area (Å²) in [5, 5.41) is 6.20. The molecule has 2 aromatic rings. The molecule has 3 aliphatic rings. The van der Waals surface area contributed by atoms with E-state index in [4.69, 9.17) is 5.10 Å². The molecule has 2 heterocycles. The third-order valence-corrected chi connectivity index (χ3v) is 6.78. The van der Waals surface area contributed by atoms with Crippen LogP contribution >= 0.6 is 0 Å². The van der Waals surface area contributed by atoms with E-state index in [2.05, 4.69) is 6.08 Å². The Labute approximate surface area is 203 Å². The number of fused-ring (bicyclic) bond motifs is 1. The van der Waals surface area contributed by atoms with Crippen LogP contribution in [0.2, 0.25) is 0 Å². The highest BCUT2D eigenvalue weighted by Crippen LogP contribution is 2.44. The zero-order chi connectivity index (χ0) is 24.5. The summed E-state index contributed by atoms with van der Waals surface area (Å²) in [5.41, 5.74) is 3.96. The zero-order valence-electron chi connectivity index (χ0n) is 19.5. The van der Waals surface area contributed by atoms with Crippen LogP contribution in [0.1, 0.15) is 43.4 Å². The van der Waals surface area contributed by atoms with Crippen molar-refractivity contribution in [3.8, 4) is 0 Å². The van der Waals surface area contributed by atoms with E-state index >= 15 is 0 Å². The zero-order valence-corrected chi connectivity index (χ0v) is 19.5. The minimum Gasteiger partial charge on any atom is -0.271 e. The highest BCUT2D eigenvalue weighted by atomic mass is 16.2. The predicted molar refractivity (Wildman–Crippen MR) is 130 cm³/mol. The fourth-order valence-corrected chi connectivity index (χ4v) is 5.12. The molecule has 178 valence electrons. The molecule has 2 aliphatic heterocycles. The molecule has 8 heteroatoms. The second-order valence-corrected chi connectivity index (χ2v) is 8.88. The van der Waals surface area contributed by atoms with Gasteiger partial charge in [0.1, 0.15) is 6.54 Å². The summed E-state index contributed by atoms with van der Waals surface area (Å²) in [7, 11) is 0. The van der Waals surface area contributed by atoms with Gasteiger partial charge in [0.25, 0.3) is 5.91 Å². The summed E-state index contributed by atoms with van der Waals surface area (Å²) < 4.78 is 0. The van der Waals surface area contributed by atoms with E-state index in [-0.39, 0.29) is 18.5 Å². The molecule has 8 nitrogen and oxygen atoms in total. The van der Waals surface area contributed by atoms with Gasteiger partial charge in [-0.2, -0.15) is 5.10 Å². The van der Waals surface area contributed by atoms with Crippen molar-refractivity contribution in [3.63, 3.8) is 0 Å². The molecule has 2 atom stereocenters. The summed E-state index contributed by atoms with van der Waals surface area (Å²) in [6.45, 7) is 1.16. The number of urea groups is 1. The molecule has 1 saturated heterocycles. The van der Waals surface area contributed by atoms with Gasteiger partial charge in [-0.1, -0.05) is 60.7 Å². The minimum atomic E-state index is -0.976. The molecule has 2 fully saturated rings. The monoisotopic (exact) mass is 470 g/mol. The van der Waals surface area contributed by atoms with Crippen LogP contribution in [0.25, 0.3) is 6.08 Å². The number of imide groups is 2. The maximum Gasteiger partial charge on any atom is 0.334 e. The van der Waals surface area contributed by atoms with Gasteiger partial charge >= 0.3 is 17.8 Å². The Kier molecular flexibility index (Phi) is 6.03. The molecular weight excluding hydrogens is 444 g/mol. The molecule has 1 saturated carbocycles. The standard InChI is InChI=1S/C27H26N4O4/c1-2-29-25(33)26(34)30(27(29)35)17-22(32)31-24(19-12-7-4-8-13-19)21-15-9-14-20(23(21)28-31)16-18-10-5-3-6-11-18/h3-8,10-13,16,21,24H,2,9,14-15,17H2,1H3. The second kappa shape index (κ2) is 9.29. The van der Waals surface area contributed by atoms with E-state index in [0.29, 0.717) is 0 Å². The Morgan fingerprint density at radius 1 is 0.971 bits per heavy atom. The number of hydrogen-bond donors (Lipinski definition) is 0. The number of carbonyl (C=O) groups is 4. The maximum absolute atomic E-state index is 13.5. The lowest BCUT2D eigenvalue weighted by Gasteiger charge is -2.30. The van der Waals surface area contributed by atoms with Gasteiger partial charge in [0.15, 0.2) is 0 Å². The molecule has 35 heavy (non-hydrogen) atoms. The molecule has 5 rings (SSSR count). The van der Waals surface area contributed by atoms with Gasteiger partial charge in [-0.15, -0.1) is 0 Å². The molecule has 0 N–H and O–H groups in total. The van der Waals surface area contributed by atoms with Gasteiger partial charge < -0.3 is 0 Å². The average Bonchev–Trinajstić information content (AvgIpc) is 3.37. The van der Waals surface area contributed by atoms with E-state index in [1.54, 1.807) is 6.92 Å². The summed E-state index contributed by atoms with van der Waals surface area (Å²) in [6, 6.07) is 18.6. The maximum atomic E-state index is 13.5. The van der Waals surface area contributed by atoms with Gasteiger partial charge in [0.05, 0.1) is 11.8 Å². The third kappa shape index (κ3) is 4.05. The van der Waals surface area contributed by atoms with Crippen LogP contribution < -0.4 is 0 Å². The van der Waals surface area contributed by atoms with Crippen LogP contribution in [0, 0.1) is 5.92 Å². The first-order valence-corrected chi connectivity index (χ1v) is 11.9. The van der Waals surface area contributed by atoms with Crippen LogP contribution in [0.3, 0.4) is 0 Å². The number of nitrogens with zero attached hydrogens (tertiary/aromatic N) is 4. The normalized spacial score (nSPS) is 23.2. The number of amides is 5. The second-order valence-electron chi connectivity index (χ2n) is 8.88. The number of rotatable bonds is 5. The van der Waals surface area contributed by atoms with Crippen molar-refractivity contribution in [2.24, 2.45) is 11.0 Å². The molecule has 0 aromatic heterocycles. The lowest BCUT2D eigenvalue weighted by atomic mass is 9.77. The number of likely N-dealkylation sites (N-methyl/N-ethyl adjacent to an activating group) is 1. The van der Waals surface area contributed by atoms with Crippen molar-refractivity contribution in [3.05, 3.63) is 77.4 Å². The van der Waals surface area contributed by atoms with E-state index in [1.165, 1.54) is 5.01 Å². The molecule has 0 bridgehead atoms. The number of carbonyl (C=O) groups excluding carboxylic acids is 4. The van der Waals surface area contributed by atoms with E-state index in [1.807, 2.05) is 60.7 Å². The van der Waals surface area contributed by atoms with E-state index < -0.39 is 30.3 Å². The minimum absolute atomic E-state index is 0.00353. The summed E-state index contributed by atoms with van der Waals surface area (Å²) in [6.07, 6.45) is 4.82. The van der Waals surface area contributed by atoms with Crippen LogP contribution in [-0.4, -0.2) is 57.4 Å². The van der Waals surface area contributed by atoms with Gasteiger partial charge in [0.2, 0.25) is 0 Å². The molecule has 0 radical (unpaired) electrons. The van der Waals surface area contributed by atoms with Crippen LogP contribution in [0.5, 0.6) is 0 Å². The predicted octanol–water partition coefficient (Wildman–Crippen LogP) is 3.62. The van der Waals surface area contributed by atoms with Crippen molar-refractivity contribution in [2.45, 2.75) is 32.2 Å². The quantitative estimate of drug-likeness (QED) is 0.493. The number of hydrazone groups is 1. The highest BCUT2D eigenvalue weighted by Gasteiger charge is 2.48. The van der Waals surface area contributed by atoms with Gasteiger partial charge in [-0.3, -0.25) is 19.3 Å². The van der Waals surface area contributed by atoms with Crippen LogP contribution in [0.4, 0.5) is 4.79 Å². The lowest BCUT2D eigenvalue weighted by Crippen LogP contribution is -2.42. The van der Waals surface area contributed by atoms with Crippen molar-refractivity contribution in [1.82, 2.24) is 14.8 Å². The van der Waals surface area contributed by atoms with Crippen LogP contribution in [-0.2, 0) is 14.4 Å². The first kappa shape index (κ1) is 22.7. The lowest BCUT2D eigenvalue weighted by molar-refractivity contribution is -0.145. The Morgan fingerprint density at radius 2 is 1.63 bits per heavy atom. The van der Waals surface area contributed by atoms with Gasteiger partial charge in [-0.25, -0.2) is 14.7 Å². The molecule has 2 aromatic carbocycles. The van der Waals surface area contributed by atoms with Crippen molar-refractivity contribution < 1.29 is 19.2 Å². The number of benzene rings is 2. The van der Waals surface area contributed by atoms with E-state index in [9.17, 15) is 19.2 Å². The van der Waals surface area contributed by atoms with Crippen molar-refractivity contribution >= 4 is 35.5 Å². The summed E-state index contributed by atoms with van der Waals surface area (Å²) in [4.78, 5) is 52.2. The Morgan fingerprint density at radius 3 is 2.29 bits per heavy atom. The molecule has 0 spiro atoms. The van der Waals surface area contributed by atoms with Gasteiger partial charge in [-0.05, 0) is 49.0 Å². The van der Waals surface area contributed by atoms with Crippen molar-refractivity contribution in [2.75, 3.05) is 13.1 Å². The summed E-state index contributed by atoms with van der Waals surface area (Å²) in [5.74, 6) is -2.37. The fraction of sp³-hybridized carbons (Fsp3) is 0.296. The van der Waals surface area contributed by atoms with E-state index in [0.717, 1.165) is 51.5 Å². The topological polar surface area (TPSA) is 90.4 Å². The molecule has 5 amide bonds. The SMILES string of the molecule is CCN1C(=O)C(=O)N(CC(=O)N2N=C3C(=Cc4ccccc4)CCCC3C2c2ccccc2)C1=O. The Hall–Kier alpha value is -4.07. The summed E-state index contributed by atoms with van der Waals surface area (Å²) >= 11 is 0. The highest BCUT2D eigenvalue weighted by molar-refractivity contribution is 6.45. The molecule has 1 aliphatic carbocycles.